The van der Waals surface area contributed by atoms with Gasteiger partial charge in [-0.05, 0) is 50.1 Å². The molecule has 0 amide bonds. The molecular weight excluding hydrogens is 274 g/mol. The minimum absolute atomic E-state index is 0.193. The number of likely N-dealkylation sites (N-methyl/N-ethyl adjacent to an activating group) is 1. The second kappa shape index (κ2) is 12.3. The number of aliphatic hydroxyl groups is 1. The maximum Gasteiger partial charge on any atom is 0.115 e. The van der Waals surface area contributed by atoms with E-state index in [1.807, 2.05) is 33.2 Å². The lowest BCUT2D eigenvalue weighted by Gasteiger charge is -2.16. The van der Waals surface area contributed by atoms with Crippen molar-refractivity contribution in [3.63, 3.8) is 0 Å². The van der Waals surface area contributed by atoms with E-state index in [1.54, 1.807) is 0 Å². The number of hydrogen-bond acceptors (Lipinski definition) is 4. The summed E-state index contributed by atoms with van der Waals surface area (Å²) in [6.07, 6.45) is 9.11. The van der Waals surface area contributed by atoms with Gasteiger partial charge in [-0.3, -0.25) is 5.32 Å². The molecule has 2 unspecified atom stereocenters. The van der Waals surface area contributed by atoms with E-state index in [2.05, 4.69) is 48.6 Å². The topological polar surface area (TPSA) is 47.5 Å². The van der Waals surface area contributed by atoms with Crippen LogP contribution >= 0.6 is 0 Å². The summed E-state index contributed by atoms with van der Waals surface area (Å²) in [5, 5.41) is 16.7. The molecule has 0 radical (unpaired) electrons. The van der Waals surface area contributed by atoms with Crippen LogP contribution in [-0.4, -0.2) is 43.9 Å². The van der Waals surface area contributed by atoms with Crippen molar-refractivity contribution in [3.8, 4) is 0 Å². The van der Waals surface area contributed by atoms with E-state index in [1.165, 1.54) is 0 Å². The Morgan fingerprint density at radius 2 is 1.95 bits per heavy atom. The lowest BCUT2D eigenvalue weighted by atomic mass is 9.95. The molecule has 2 atom stereocenters. The molecule has 0 aromatic heterocycles. The monoisotopic (exact) mass is 309 g/mol. The number of allylic oxidation sites excluding steroid dienone is 4. The second-order valence-electron chi connectivity index (χ2n) is 5.82. The fraction of sp³-hybridized carbons (Fsp3) is 0.667. The molecule has 0 spiro atoms. The van der Waals surface area contributed by atoms with Gasteiger partial charge in [-0.25, -0.2) is 0 Å². The Hall–Kier alpha value is -1.26. The van der Waals surface area contributed by atoms with Crippen LogP contribution in [0.15, 0.2) is 35.8 Å². The van der Waals surface area contributed by atoms with E-state index in [9.17, 15) is 5.11 Å². The minimum Gasteiger partial charge on any atom is -0.508 e. The standard InChI is InChI=1S/C18H35N3O/c1-7-16(4)17(8-2)18(22)13-15(3)9-12-21(6)14-20-11-10-19-5/h8-9,12-13,15-16,19-20,22H,7,10-11,14H2,1-6H3/b12-9-,17-8-,18-13+. The van der Waals surface area contributed by atoms with E-state index in [0.29, 0.717) is 11.7 Å². The Morgan fingerprint density at radius 3 is 2.50 bits per heavy atom. The van der Waals surface area contributed by atoms with Gasteiger partial charge in [0.2, 0.25) is 0 Å². The molecule has 0 aliphatic carbocycles. The minimum atomic E-state index is 0.193. The summed E-state index contributed by atoms with van der Waals surface area (Å²) in [4.78, 5) is 2.10. The van der Waals surface area contributed by atoms with Crippen LogP contribution in [0.3, 0.4) is 0 Å². The Balaban J connectivity index is 4.43. The Morgan fingerprint density at radius 1 is 1.27 bits per heavy atom. The number of hydrogen-bond donors (Lipinski definition) is 3. The van der Waals surface area contributed by atoms with Crippen molar-refractivity contribution in [2.45, 2.75) is 34.1 Å². The third kappa shape index (κ3) is 8.90. The third-order valence-electron chi connectivity index (χ3n) is 3.73. The summed E-state index contributed by atoms with van der Waals surface area (Å²) >= 11 is 0. The van der Waals surface area contributed by atoms with Crippen LogP contribution in [0.25, 0.3) is 0 Å². The quantitative estimate of drug-likeness (QED) is 0.237. The smallest absolute Gasteiger partial charge is 0.115 e. The fourth-order valence-corrected chi connectivity index (χ4v) is 2.11. The highest BCUT2D eigenvalue weighted by Crippen LogP contribution is 2.22. The van der Waals surface area contributed by atoms with Crippen LogP contribution in [0.4, 0.5) is 0 Å². The Labute approximate surface area is 137 Å². The molecule has 0 aromatic carbocycles. The molecule has 0 heterocycles. The van der Waals surface area contributed by atoms with E-state index < -0.39 is 0 Å². The second-order valence-corrected chi connectivity index (χ2v) is 5.82. The maximum absolute atomic E-state index is 10.3. The zero-order valence-electron chi connectivity index (χ0n) is 15.2. The first-order chi connectivity index (χ1) is 10.5. The zero-order chi connectivity index (χ0) is 17.0. The molecule has 0 fully saturated rings. The molecule has 4 heteroatoms. The van der Waals surface area contributed by atoms with Crippen LogP contribution < -0.4 is 10.6 Å². The molecule has 0 saturated heterocycles. The average Bonchev–Trinajstić information content (AvgIpc) is 2.50. The summed E-state index contributed by atoms with van der Waals surface area (Å²) in [7, 11) is 3.99. The fourth-order valence-electron chi connectivity index (χ4n) is 2.11. The molecule has 0 aliphatic heterocycles. The predicted molar refractivity (Wildman–Crippen MR) is 96.8 cm³/mol. The highest BCUT2D eigenvalue weighted by Gasteiger charge is 2.10. The molecule has 22 heavy (non-hydrogen) atoms. The van der Waals surface area contributed by atoms with Crippen molar-refractivity contribution in [2.24, 2.45) is 11.8 Å². The van der Waals surface area contributed by atoms with Crippen LogP contribution in [0.5, 0.6) is 0 Å². The van der Waals surface area contributed by atoms with Crippen LogP contribution in [-0.2, 0) is 0 Å². The maximum atomic E-state index is 10.3. The molecule has 4 nitrogen and oxygen atoms in total. The number of nitrogens with zero attached hydrogens (tertiary/aromatic N) is 1. The Bertz CT molecular complexity index is 375. The molecule has 0 rings (SSSR count). The van der Waals surface area contributed by atoms with Crippen LogP contribution in [0, 0.1) is 11.8 Å². The molecule has 3 N–H and O–H groups in total. The first-order valence-corrected chi connectivity index (χ1v) is 8.27. The van der Waals surface area contributed by atoms with Crippen molar-refractivity contribution < 1.29 is 5.11 Å². The molecule has 128 valence electrons. The first kappa shape index (κ1) is 20.7. The van der Waals surface area contributed by atoms with Gasteiger partial charge in [-0.2, -0.15) is 0 Å². The zero-order valence-corrected chi connectivity index (χ0v) is 15.2. The van der Waals surface area contributed by atoms with Gasteiger partial charge in [0.25, 0.3) is 0 Å². The van der Waals surface area contributed by atoms with E-state index >= 15 is 0 Å². The molecule has 0 aliphatic rings. The van der Waals surface area contributed by atoms with E-state index in [-0.39, 0.29) is 5.92 Å². The summed E-state index contributed by atoms with van der Waals surface area (Å²) in [6.45, 7) is 11.1. The van der Waals surface area contributed by atoms with E-state index in [0.717, 1.165) is 31.8 Å². The van der Waals surface area contributed by atoms with E-state index in [4.69, 9.17) is 0 Å². The number of aliphatic hydroxyl groups excluding tert-OH is 1. The number of nitrogens with one attached hydrogen (secondary N) is 2. The molecule has 0 bridgehead atoms. The largest absolute Gasteiger partial charge is 0.508 e. The summed E-state index contributed by atoms with van der Waals surface area (Å²) in [5.41, 5.74) is 1.03. The molecule has 0 aromatic rings. The highest BCUT2D eigenvalue weighted by molar-refractivity contribution is 5.27. The predicted octanol–water partition coefficient (Wildman–Crippen LogP) is 3.27. The Kier molecular flexibility index (Phi) is 11.6. The lowest BCUT2D eigenvalue weighted by Crippen LogP contribution is -2.32. The van der Waals surface area contributed by atoms with Gasteiger partial charge in [0, 0.05) is 20.1 Å². The number of rotatable bonds is 11. The summed E-state index contributed by atoms with van der Waals surface area (Å²) in [5.74, 6) is 0.985. The summed E-state index contributed by atoms with van der Waals surface area (Å²) in [6, 6.07) is 0. The van der Waals surface area contributed by atoms with Gasteiger partial charge in [-0.1, -0.05) is 32.9 Å². The molecule has 0 saturated carbocycles. The van der Waals surface area contributed by atoms with Gasteiger partial charge in [-0.15, -0.1) is 0 Å². The molecular formula is C18H35N3O. The average molecular weight is 309 g/mol. The first-order valence-electron chi connectivity index (χ1n) is 8.27. The highest BCUT2D eigenvalue weighted by atomic mass is 16.3. The van der Waals surface area contributed by atoms with Crippen molar-refractivity contribution >= 4 is 0 Å². The van der Waals surface area contributed by atoms with Gasteiger partial charge < -0.3 is 15.3 Å². The van der Waals surface area contributed by atoms with Gasteiger partial charge >= 0.3 is 0 Å². The normalized spacial score (nSPS) is 16.1. The third-order valence-corrected chi connectivity index (χ3v) is 3.73. The summed E-state index contributed by atoms with van der Waals surface area (Å²) < 4.78 is 0. The van der Waals surface area contributed by atoms with Crippen LogP contribution in [0.2, 0.25) is 0 Å². The lowest BCUT2D eigenvalue weighted by molar-refractivity contribution is 0.398. The SMILES string of the molecule is C/C=C(\C(O)=C/C(C)/C=C\N(C)CNCCNC)C(C)CC. The van der Waals surface area contributed by atoms with Gasteiger partial charge in [0.1, 0.15) is 5.76 Å². The van der Waals surface area contributed by atoms with Crippen molar-refractivity contribution in [1.29, 1.82) is 0 Å². The van der Waals surface area contributed by atoms with Crippen molar-refractivity contribution in [2.75, 3.05) is 33.9 Å². The van der Waals surface area contributed by atoms with Crippen molar-refractivity contribution in [1.82, 2.24) is 15.5 Å². The van der Waals surface area contributed by atoms with Gasteiger partial charge in [0.05, 0.1) is 6.67 Å². The van der Waals surface area contributed by atoms with Gasteiger partial charge in [0.15, 0.2) is 0 Å². The van der Waals surface area contributed by atoms with Crippen molar-refractivity contribution in [3.05, 3.63) is 35.8 Å². The van der Waals surface area contributed by atoms with Crippen LogP contribution in [0.1, 0.15) is 34.1 Å².